The molecular weight excluding hydrogens is 211 g/mol. The van der Waals surface area contributed by atoms with Crippen LogP contribution in [-0.2, 0) is 4.79 Å². The van der Waals surface area contributed by atoms with Gasteiger partial charge in [-0.1, -0.05) is 44.2 Å². The molecule has 1 aromatic carbocycles. The normalized spacial score (nSPS) is 13.6. The Morgan fingerprint density at radius 3 is 2.31 bits per heavy atom. The fraction of sp³-hybridized carbons (Fsp3) is 0.462. The summed E-state index contributed by atoms with van der Waals surface area (Å²) in [6.45, 7) is 3.79. The van der Waals surface area contributed by atoms with E-state index < -0.39 is 5.97 Å². The number of benzene rings is 1. The maximum atomic E-state index is 10.7. The van der Waals surface area contributed by atoms with Gasteiger partial charge in [0.2, 0.25) is 0 Å². The van der Waals surface area contributed by atoms with Crippen LogP contribution in [-0.4, -0.2) is 5.97 Å². The first kappa shape index (κ1) is 15.7. The molecule has 0 radical (unpaired) electrons. The molecule has 0 aliphatic rings. The maximum absolute atomic E-state index is 10.7. The van der Waals surface area contributed by atoms with Crippen LogP contribution in [0.15, 0.2) is 30.3 Å². The van der Waals surface area contributed by atoms with E-state index in [0.717, 1.165) is 6.42 Å². The Kier molecular flexibility index (Phi) is 7.73. The van der Waals surface area contributed by atoms with E-state index in [1.807, 2.05) is 18.2 Å². The Morgan fingerprint density at radius 2 is 1.88 bits per heavy atom. The topological polar surface area (TPSA) is 40.1 Å². The van der Waals surface area contributed by atoms with Gasteiger partial charge in [-0.2, -0.15) is 0 Å². The molecule has 0 bridgehead atoms. The summed E-state index contributed by atoms with van der Waals surface area (Å²) in [4.78, 5) is 10.7. The third-order valence-corrected chi connectivity index (χ3v) is 2.80. The first-order valence-corrected chi connectivity index (χ1v) is 5.41. The molecule has 0 aliphatic heterocycles. The number of rotatable bonds is 5. The summed E-state index contributed by atoms with van der Waals surface area (Å²) in [5.41, 5.74) is 1.22. The van der Waals surface area contributed by atoms with Gasteiger partial charge in [-0.15, -0.1) is 0 Å². The van der Waals surface area contributed by atoms with Gasteiger partial charge < -0.3 is 9.90 Å². The van der Waals surface area contributed by atoms with Crippen molar-refractivity contribution in [2.24, 2.45) is 5.92 Å². The SMILES string of the molecule is CCC(CC(C)C(=O)[O-])c1ccccc1.[Na+]. The largest absolute Gasteiger partial charge is 1.00 e. The molecule has 82 valence electrons. The molecule has 3 heteroatoms. The fourth-order valence-electron chi connectivity index (χ4n) is 1.79. The second kappa shape index (κ2) is 7.88. The summed E-state index contributed by atoms with van der Waals surface area (Å²) >= 11 is 0. The third-order valence-electron chi connectivity index (χ3n) is 2.80. The van der Waals surface area contributed by atoms with Crippen molar-refractivity contribution in [1.29, 1.82) is 0 Å². The Bertz CT molecular complexity index is 311. The second-order valence-corrected chi connectivity index (χ2v) is 3.97. The standard InChI is InChI=1S/C13H18O2.Na/c1-3-11(9-10(2)13(14)15)12-7-5-4-6-8-12;/h4-8,10-11H,3,9H2,1-2H3,(H,14,15);/q;+1/p-1. The predicted octanol–water partition coefficient (Wildman–Crippen LogP) is -1.04. The van der Waals surface area contributed by atoms with Crippen LogP contribution < -0.4 is 34.7 Å². The quantitative estimate of drug-likeness (QED) is 0.604. The molecule has 1 rings (SSSR count). The van der Waals surface area contributed by atoms with E-state index in [2.05, 4.69) is 19.1 Å². The average molecular weight is 228 g/mol. The maximum Gasteiger partial charge on any atom is 1.00 e. The van der Waals surface area contributed by atoms with Crippen LogP contribution in [0.4, 0.5) is 0 Å². The first-order chi connectivity index (χ1) is 7.15. The van der Waals surface area contributed by atoms with Gasteiger partial charge in [0.15, 0.2) is 0 Å². The Hall–Kier alpha value is -0.310. The molecule has 0 heterocycles. The molecule has 0 saturated carbocycles. The number of hydrogen-bond donors (Lipinski definition) is 0. The van der Waals surface area contributed by atoms with E-state index in [1.165, 1.54) is 5.56 Å². The summed E-state index contributed by atoms with van der Waals surface area (Å²) in [5, 5.41) is 10.7. The Morgan fingerprint density at radius 1 is 1.31 bits per heavy atom. The van der Waals surface area contributed by atoms with Crippen LogP contribution in [0.25, 0.3) is 0 Å². The molecule has 0 amide bonds. The molecule has 1 aromatic rings. The van der Waals surface area contributed by atoms with Gasteiger partial charge in [-0.3, -0.25) is 0 Å². The number of aliphatic carboxylic acids is 1. The summed E-state index contributed by atoms with van der Waals surface area (Å²) in [6, 6.07) is 10.0. The zero-order valence-corrected chi connectivity index (χ0v) is 12.3. The minimum Gasteiger partial charge on any atom is -0.550 e. The summed E-state index contributed by atoms with van der Waals surface area (Å²) in [7, 11) is 0. The smallest absolute Gasteiger partial charge is 0.550 e. The van der Waals surface area contributed by atoms with Gasteiger partial charge in [-0.25, -0.2) is 0 Å². The molecule has 2 unspecified atom stereocenters. The van der Waals surface area contributed by atoms with Gasteiger partial charge in [0.25, 0.3) is 0 Å². The summed E-state index contributed by atoms with van der Waals surface area (Å²) in [6.07, 6.45) is 1.62. The Balaban J connectivity index is 0.00000225. The van der Waals surface area contributed by atoms with Crippen molar-refractivity contribution in [1.82, 2.24) is 0 Å². The van der Waals surface area contributed by atoms with Crippen LogP contribution >= 0.6 is 0 Å². The first-order valence-electron chi connectivity index (χ1n) is 5.41. The van der Waals surface area contributed by atoms with Gasteiger partial charge in [0, 0.05) is 5.97 Å². The van der Waals surface area contributed by atoms with Crippen molar-refractivity contribution in [3.8, 4) is 0 Å². The average Bonchev–Trinajstić information content (AvgIpc) is 2.26. The van der Waals surface area contributed by atoms with Crippen LogP contribution in [0.5, 0.6) is 0 Å². The van der Waals surface area contributed by atoms with Crippen molar-refractivity contribution >= 4 is 5.97 Å². The molecular formula is C13H17NaO2. The molecule has 16 heavy (non-hydrogen) atoms. The molecule has 0 saturated heterocycles. The van der Waals surface area contributed by atoms with E-state index in [1.54, 1.807) is 6.92 Å². The zero-order chi connectivity index (χ0) is 11.3. The predicted molar refractivity (Wildman–Crippen MR) is 58.3 cm³/mol. The van der Waals surface area contributed by atoms with Crippen LogP contribution in [0.3, 0.4) is 0 Å². The summed E-state index contributed by atoms with van der Waals surface area (Å²) in [5.74, 6) is -1.02. The van der Waals surface area contributed by atoms with Gasteiger partial charge >= 0.3 is 29.6 Å². The number of carboxylic acids is 1. The van der Waals surface area contributed by atoms with Crippen molar-refractivity contribution in [2.45, 2.75) is 32.6 Å². The van der Waals surface area contributed by atoms with Crippen molar-refractivity contribution in [2.75, 3.05) is 0 Å². The van der Waals surface area contributed by atoms with E-state index in [4.69, 9.17) is 0 Å². The van der Waals surface area contributed by atoms with E-state index in [-0.39, 0.29) is 35.5 Å². The van der Waals surface area contributed by atoms with E-state index in [9.17, 15) is 9.90 Å². The summed E-state index contributed by atoms with van der Waals surface area (Å²) < 4.78 is 0. The number of carbonyl (C=O) groups excluding carboxylic acids is 1. The third kappa shape index (κ3) is 4.69. The van der Waals surface area contributed by atoms with Crippen LogP contribution in [0.1, 0.15) is 38.2 Å². The molecule has 0 fully saturated rings. The van der Waals surface area contributed by atoms with Crippen LogP contribution in [0.2, 0.25) is 0 Å². The monoisotopic (exact) mass is 228 g/mol. The molecule has 0 aromatic heterocycles. The van der Waals surface area contributed by atoms with Crippen molar-refractivity contribution in [3.63, 3.8) is 0 Å². The van der Waals surface area contributed by atoms with Crippen molar-refractivity contribution < 1.29 is 39.5 Å². The minimum atomic E-state index is -0.954. The van der Waals surface area contributed by atoms with E-state index in [0.29, 0.717) is 12.3 Å². The Labute approximate surface area is 119 Å². The number of carboxylic acid groups (broad SMARTS) is 1. The van der Waals surface area contributed by atoms with E-state index >= 15 is 0 Å². The number of carbonyl (C=O) groups is 1. The second-order valence-electron chi connectivity index (χ2n) is 3.97. The van der Waals surface area contributed by atoms with Gasteiger partial charge in [0.1, 0.15) is 0 Å². The zero-order valence-electron chi connectivity index (χ0n) is 10.3. The van der Waals surface area contributed by atoms with Crippen LogP contribution in [0, 0.1) is 5.92 Å². The fourth-order valence-corrected chi connectivity index (χ4v) is 1.79. The minimum absolute atomic E-state index is 0. The molecule has 0 aliphatic carbocycles. The van der Waals surface area contributed by atoms with Crippen molar-refractivity contribution in [3.05, 3.63) is 35.9 Å². The van der Waals surface area contributed by atoms with Gasteiger partial charge in [0.05, 0.1) is 0 Å². The van der Waals surface area contributed by atoms with Gasteiger partial charge in [-0.05, 0) is 30.2 Å². The number of hydrogen-bond acceptors (Lipinski definition) is 2. The molecule has 0 N–H and O–H groups in total. The molecule has 2 atom stereocenters. The molecule has 2 nitrogen and oxygen atoms in total. The molecule has 0 spiro atoms.